The van der Waals surface area contributed by atoms with Gasteiger partial charge in [0.25, 0.3) is 0 Å². The van der Waals surface area contributed by atoms with Gasteiger partial charge in [-0.25, -0.2) is 0 Å². The summed E-state index contributed by atoms with van der Waals surface area (Å²) in [6.07, 6.45) is 0. The number of nitriles is 1. The number of para-hydroxylation sites is 1. The molecule has 17 heavy (non-hydrogen) atoms. The van der Waals surface area contributed by atoms with Gasteiger partial charge in [-0.1, -0.05) is 18.2 Å². The smallest absolute Gasteiger partial charge is 0.0994 e. The second-order valence-electron chi connectivity index (χ2n) is 4.40. The van der Waals surface area contributed by atoms with Crippen molar-refractivity contribution in [2.45, 2.75) is 13.8 Å². The summed E-state index contributed by atoms with van der Waals surface area (Å²) in [6.45, 7) is 4.05. The van der Waals surface area contributed by atoms with Crippen molar-refractivity contribution in [3.8, 4) is 6.07 Å². The van der Waals surface area contributed by atoms with Gasteiger partial charge in [0.1, 0.15) is 0 Å². The molecule has 2 heteroatoms. The van der Waals surface area contributed by atoms with Crippen molar-refractivity contribution in [2.75, 3.05) is 0 Å². The summed E-state index contributed by atoms with van der Waals surface area (Å²) in [5, 5.41) is 11.5. The SMILES string of the molecule is Cc1cc(C#N)c(C)c2c1[nH]c1ccccc12. The number of benzene rings is 2. The van der Waals surface area contributed by atoms with Crippen LogP contribution in [0.4, 0.5) is 0 Å². The van der Waals surface area contributed by atoms with Crippen molar-refractivity contribution < 1.29 is 0 Å². The Kier molecular flexibility index (Phi) is 1.96. The first-order valence-corrected chi connectivity index (χ1v) is 5.63. The highest BCUT2D eigenvalue weighted by Gasteiger charge is 2.11. The molecule has 0 fully saturated rings. The molecule has 3 rings (SSSR count). The zero-order valence-electron chi connectivity index (χ0n) is 9.83. The second kappa shape index (κ2) is 3.36. The van der Waals surface area contributed by atoms with Crippen LogP contribution in [0.25, 0.3) is 21.8 Å². The van der Waals surface area contributed by atoms with Gasteiger partial charge < -0.3 is 4.98 Å². The molecule has 0 saturated heterocycles. The van der Waals surface area contributed by atoms with Crippen LogP contribution in [-0.2, 0) is 0 Å². The number of H-pyrrole nitrogens is 1. The highest BCUT2D eigenvalue weighted by Crippen LogP contribution is 2.31. The van der Waals surface area contributed by atoms with Crippen LogP contribution in [-0.4, -0.2) is 4.98 Å². The normalized spacial score (nSPS) is 10.9. The molecule has 0 spiro atoms. The maximum absolute atomic E-state index is 9.15. The molecule has 0 atom stereocenters. The number of fused-ring (bicyclic) bond motifs is 3. The molecular formula is C15H12N2. The van der Waals surface area contributed by atoms with Crippen LogP contribution in [0, 0.1) is 25.2 Å². The van der Waals surface area contributed by atoms with Gasteiger partial charge in [0.15, 0.2) is 0 Å². The molecule has 0 unspecified atom stereocenters. The van der Waals surface area contributed by atoms with Gasteiger partial charge in [-0.15, -0.1) is 0 Å². The highest BCUT2D eigenvalue weighted by molar-refractivity contribution is 6.10. The van der Waals surface area contributed by atoms with Gasteiger partial charge >= 0.3 is 0 Å². The van der Waals surface area contributed by atoms with E-state index >= 15 is 0 Å². The van der Waals surface area contributed by atoms with E-state index in [0.717, 1.165) is 27.7 Å². The van der Waals surface area contributed by atoms with Crippen molar-refractivity contribution in [1.29, 1.82) is 5.26 Å². The fourth-order valence-corrected chi connectivity index (χ4v) is 2.47. The number of aryl methyl sites for hydroxylation is 2. The van der Waals surface area contributed by atoms with Crippen LogP contribution in [0.3, 0.4) is 0 Å². The van der Waals surface area contributed by atoms with Gasteiger partial charge in [0, 0.05) is 21.8 Å². The van der Waals surface area contributed by atoms with Crippen LogP contribution in [0.15, 0.2) is 30.3 Å². The van der Waals surface area contributed by atoms with Gasteiger partial charge in [0.2, 0.25) is 0 Å². The maximum atomic E-state index is 9.15. The Balaban J connectivity index is 2.64. The number of aromatic nitrogens is 1. The average molecular weight is 220 g/mol. The first-order valence-electron chi connectivity index (χ1n) is 5.63. The van der Waals surface area contributed by atoms with Crippen molar-refractivity contribution in [3.05, 3.63) is 47.0 Å². The first-order chi connectivity index (χ1) is 8.22. The Morgan fingerprint density at radius 1 is 1.18 bits per heavy atom. The Morgan fingerprint density at radius 2 is 1.94 bits per heavy atom. The molecule has 0 aliphatic carbocycles. The lowest BCUT2D eigenvalue weighted by Gasteiger charge is -2.03. The Morgan fingerprint density at radius 3 is 2.71 bits per heavy atom. The molecule has 2 nitrogen and oxygen atoms in total. The standard InChI is InChI=1S/C15H12N2/c1-9-7-11(8-16)10(2)14-12-5-3-4-6-13(12)17-15(9)14/h3-7,17H,1-2H3. The third-order valence-electron chi connectivity index (χ3n) is 3.36. The predicted octanol–water partition coefficient (Wildman–Crippen LogP) is 3.81. The first kappa shape index (κ1) is 9.92. The van der Waals surface area contributed by atoms with E-state index < -0.39 is 0 Å². The van der Waals surface area contributed by atoms with E-state index in [-0.39, 0.29) is 0 Å². The molecule has 0 radical (unpaired) electrons. The Labute approximate surface area is 99.5 Å². The summed E-state index contributed by atoms with van der Waals surface area (Å²) in [5.74, 6) is 0. The van der Waals surface area contributed by atoms with Crippen LogP contribution < -0.4 is 0 Å². The van der Waals surface area contributed by atoms with Gasteiger partial charge in [0.05, 0.1) is 11.6 Å². The largest absolute Gasteiger partial charge is 0.354 e. The number of nitrogens with one attached hydrogen (secondary N) is 1. The lowest BCUT2D eigenvalue weighted by Crippen LogP contribution is -1.87. The lowest BCUT2D eigenvalue weighted by atomic mass is 9.99. The number of nitrogens with zero attached hydrogens (tertiary/aromatic N) is 1. The fourth-order valence-electron chi connectivity index (χ4n) is 2.47. The summed E-state index contributed by atoms with van der Waals surface area (Å²) >= 11 is 0. The van der Waals surface area contributed by atoms with Gasteiger partial charge in [-0.05, 0) is 37.1 Å². The van der Waals surface area contributed by atoms with E-state index in [0.29, 0.717) is 0 Å². The molecule has 1 N–H and O–H groups in total. The molecule has 0 bridgehead atoms. The summed E-state index contributed by atoms with van der Waals surface area (Å²) in [5.41, 5.74) is 5.22. The minimum absolute atomic E-state index is 0.764. The quantitative estimate of drug-likeness (QED) is 0.614. The average Bonchev–Trinajstić information content (AvgIpc) is 2.73. The summed E-state index contributed by atoms with van der Waals surface area (Å²) in [4.78, 5) is 3.43. The molecule has 3 aromatic rings. The van der Waals surface area contributed by atoms with Crippen molar-refractivity contribution in [2.24, 2.45) is 0 Å². The molecule has 0 aliphatic heterocycles. The Bertz CT molecular complexity index is 773. The molecule has 0 aliphatic rings. The molecular weight excluding hydrogens is 208 g/mol. The van der Waals surface area contributed by atoms with Crippen LogP contribution in [0.5, 0.6) is 0 Å². The third kappa shape index (κ3) is 1.26. The van der Waals surface area contributed by atoms with Crippen molar-refractivity contribution in [3.63, 3.8) is 0 Å². The van der Waals surface area contributed by atoms with Gasteiger partial charge in [-0.2, -0.15) is 5.26 Å². The van der Waals surface area contributed by atoms with E-state index in [2.05, 4.69) is 23.2 Å². The fraction of sp³-hybridized carbons (Fsp3) is 0.133. The minimum atomic E-state index is 0.764. The monoisotopic (exact) mass is 220 g/mol. The van der Waals surface area contributed by atoms with Gasteiger partial charge in [-0.3, -0.25) is 0 Å². The van der Waals surface area contributed by atoms with E-state index in [4.69, 9.17) is 5.26 Å². The lowest BCUT2D eigenvalue weighted by molar-refractivity contribution is 1.38. The van der Waals surface area contributed by atoms with E-state index in [1.54, 1.807) is 0 Å². The summed E-state index contributed by atoms with van der Waals surface area (Å²) < 4.78 is 0. The molecule has 1 aromatic heterocycles. The molecule has 0 amide bonds. The topological polar surface area (TPSA) is 39.6 Å². The second-order valence-corrected chi connectivity index (χ2v) is 4.40. The van der Waals surface area contributed by atoms with Crippen LogP contribution in [0.1, 0.15) is 16.7 Å². The van der Waals surface area contributed by atoms with E-state index in [9.17, 15) is 0 Å². The van der Waals surface area contributed by atoms with E-state index in [1.165, 1.54) is 10.8 Å². The highest BCUT2D eigenvalue weighted by atomic mass is 14.7. The molecule has 1 heterocycles. The van der Waals surface area contributed by atoms with Crippen molar-refractivity contribution in [1.82, 2.24) is 4.98 Å². The maximum Gasteiger partial charge on any atom is 0.0994 e. The van der Waals surface area contributed by atoms with E-state index in [1.807, 2.05) is 32.0 Å². The summed E-state index contributed by atoms with van der Waals surface area (Å²) in [6, 6.07) is 12.4. The summed E-state index contributed by atoms with van der Waals surface area (Å²) in [7, 11) is 0. The number of aromatic amines is 1. The Hall–Kier alpha value is -2.27. The van der Waals surface area contributed by atoms with Crippen LogP contribution in [0.2, 0.25) is 0 Å². The predicted molar refractivity (Wildman–Crippen MR) is 70.0 cm³/mol. The molecule has 0 saturated carbocycles. The zero-order valence-corrected chi connectivity index (χ0v) is 9.83. The zero-order chi connectivity index (χ0) is 12.0. The number of hydrogen-bond donors (Lipinski definition) is 1. The molecule has 2 aromatic carbocycles. The van der Waals surface area contributed by atoms with Crippen LogP contribution >= 0.6 is 0 Å². The third-order valence-corrected chi connectivity index (χ3v) is 3.36. The number of rotatable bonds is 0. The van der Waals surface area contributed by atoms with Crippen molar-refractivity contribution >= 4 is 21.8 Å². The number of hydrogen-bond acceptors (Lipinski definition) is 1. The molecule has 82 valence electrons. The minimum Gasteiger partial charge on any atom is -0.354 e.